The Hall–Kier alpha value is -0.610. The molecule has 4 nitrogen and oxygen atoms in total. The summed E-state index contributed by atoms with van der Waals surface area (Å²) in [5.41, 5.74) is 0. The highest BCUT2D eigenvalue weighted by atomic mass is 16.5. The summed E-state index contributed by atoms with van der Waals surface area (Å²) in [6.07, 6.45) is 7.32. The summed E-state index contributed by atoms with van der Waals surface area (Å²) in [7, 11) is 0. The van der Waals surface area contributed by atoms with Gasteiger partial charge in [0.15, 0.2) is 0 Å². The lowest BCUT2D eigenvalue weighted by atomic mass is 10.1. The molecule has 4 heteroatoms. The Morgan fingerprint density at radius 3 is 2.28 bits per heavy atom. The highest BCUT2D eigenvalue weighted by molar-refractivity contribution is 5.81. The molecule has 3 fully saturated rings. The molecule has 2 heterocycles. The molecule has 0 unspecified atom stereocenters. The number of amides is 1. The van der Waals surface area contributed by atoms with Gasteiger partial charge in [-0.3, -0.25) is 9.69 Å². The summed E-state index contributed by atoms with van der Waals surface area (Å²) in [6.45, 7) is 4.68. The number of piperazine rings is 1. The van der Waals surface area contributed by atoms with Gasteiger partial charge in [0.1, 0.15) is 6.10 Å². The van der Waals surface area contributed by atoms with Crippen molar-refractivity contribution in [3.05, 3.63) is 0 Å². The number of carbonyl (C=O) groups is 1. The molecule has 102 valence electrons. The second-order valence-corrected chi connectivity index (χ2v) is 5.80. The van der Waals surface area contributed by atoms with E-state index in [1.54, 1.807) is 0 Å². The number of hydrogen-bond acceptors (Lipinski definition) is 3. The van der Waals surface area contributed by atoms with Crippen LogP contribution in [-0.2, 0) is 9.53 Å². The first-order valence-electron chi connectivity index (χ1n) is 7.49. The second kappa shape index (κ2) is 5.57. The fraction of sp³-hybridized carbons (Fsp3) is 0.929. The lowest BCUT2D eigenvalue weighted by Gasteiger charge is -2.38. The lowest BCUT2D eigenvalue weighted by Crippen LogP contribution is -2.53. The lowest BCUT2D eigenvalue weighted by molar-refractivity contribution is -0.143. The van der Waals surface area contributed by atoms with Gasteiger partial charge in [-0.15, -0.1) is 0 Å². The molecular weight excluding hydrogens is 228 g/mol. The van der Waals surface area contributed by atoms with E-state index in [1.807, 2.05) is 4.90 Å². The van der Waals surface area contributed by atoms with Crippen LogP contribution in [0.25, 0.3) is 0 Å². The van der Waals surface area contributed by atoms with Crippen molar-refractivity contribution in [2.75, 3.05) is 32.8 Å². The van der Waals surface area contributed by atoms with Crippen LogP contribution in [0.2, 0.25) is 0 Å². The smallest absolute Gasteiger partial charge is 0.251 e. The van der Waals surface area contributed by atoms with Crippen LogP contribution in [0.15, 0.2) is 0 Å². The molecule has 3 rings (SSSR count). The summed E-state index contributed by atoms with van der Waals surface area (Å²) in [5.74, 6) is 0.235. The molecule has 1 amide bonds. The van der Waals surface area contributed by atoms with Gasteiger partial charge < -0.3 is 9.64 Å². The van der Waals surface area contributed by atoms with Crippen LogP contribution in [0.1, 0.15) is 38.5 Å². The van der Waals surface area contributed by atoms with Gasteiger partial charge in [0.2, 0.25) is 0 Å². The first-order valence-corrected chi connectivity index (χ1v) is 7.49. The van der Waals surface area contributed by atoms with Crippen molar-refractivity contribution >= 4 is 5.91 Å². The summed E-state index contributed by atoms with van der Waals surface area (Å²) in [6, 6.07) is 0.796. The molecule has 1 aliphatic carbocycles. The molecule has 0 aromatic heterocycles. The minimum Gasteiger partial charge on any atom is -0.368 e. The molecule has 2 saturated heterocycles. The Morgan fingerprint density at radius 2 is 1.67 bits per heavy atom. The van der Waals surface area contributed by atoms with E-state index in [9.17, 15) is 4.79 Å². The molecule has 18 heavy (non-hydrogen) atoms. The van der Waals surface area contributed by atoms with Crippen LogP contribution in [0, 0.1) is 0 Å². The summed E-state index contributed by atoms with van der Waals surface area (Å²) in [4.78, 5) is 16.8. The minimum absolute atomic E-state index is 0.136. The SMILES string of the molecule is O=C([C@@H]1CCCO1)N1CCN(C2CCCC2)CC1. The Morgan fingerprint density at radius 1 is 0.944 bits per heavy atom. The number of rotatable bonds is 2. The Kier molecular flexibility index (Phi) is 3.85. The summed E-state index contributed by atoms with van der Waals surface area (Å²) in [5, 5.41) is 0. The van der Waals surface area contributed by atoms with E-state index in [0.29, 0.717) is 0 Å². The third-order valence-electron chi connectivity index (χ3n) is 4.67. The molecule has 3 aliphatic rings. The van der Waals surface area contributed by atoms with Crippen LogP contribution < -0.4 is 0 Å². The minimum atomic E-state index is -0.136. The van der Waals surface area contributed by atoms with Crippen LogP contribution in [0.5, 0.6) is 0 Å². The average molecular weight is 252 g/mol. The molecule has 1 atom stereocenters. The molecule has 0 aromatic rings. The maximum absolute atomic E-state index is 12.2. The van der Waals surface area contributed by atoms with E-state index in [-0.39, 0.29) is 12.0 Å². The molecule has 0 N–H and O–H groups in total. The van der Waals surface area contributed by atoms with Crippen molar-refractivity contribution in [2.45, 2.75) is 50.7 Å². The Bertz CT molecular complexity index is 288. The van der Waals surface area contributed by atoms with Crippen molar-refractivity contribution < 1.29 is 9.53 Å². The van der Waals surface area contributed by atoms with Gasteiger partial charge in [0.05, 0.1) is 0 Å². The van der Waals surface area contributed by atoms with Gasteiger partial charge in [0, 0.05) is 38.8 Å². The largest absolute Gasteiger partial charge is 0.368 e. The Labute approximate surface area is 109 Å². The fourth-order valence-electron chi connectivity index (χ4n) is 3.55. The van der Waals surface area contributed by atoms with Gasteiger partial charge in [-0.2, -0.15) is 0 Å². The number of hydrogen-bond donors (Lipinski definition) is 0. The van der Waals surface area contributed by atoms with Crippen molar-refractivity contribution in [3.63, 3.8) is 0 Å². The zero-order valence-corrected chi connectivity index (χ0v) is 11.1. The van der Waals surface area contributed by atoms with E-state index in [0.717, 1.165) is 51.7 Å². The van der Waals surface area contributed by atoms with Crippen LogP contribution in [0.3, 0.4) is 0 Å². The molecule has 2 aliphatic heterocycles. The predicted octanol–water partition coefficient (Wildman–Crippen LogP) is 1.25. The van der Waals surface area contributed by atoms with Crippen molar-refractivity contribution in [1.29, 1.82) is 0 Å². The zero-order chi connectivity index (χ0) is 12.4. The number of ether oxygens (including phenoxy) is 1. The van der Waals surface area contributed by atoms with E-state index in [4.69, 9.17) is 4.74 Å². The molecule has 0 spiro atoms. The van der Waals surface area contributed by atoms with Gasteiger partial charge >= 0.3 is 0 Å². The fourth-order valence-corrected chi connectivity index (χ4v) is 3.55. The normalized spacial score (nSPS) is 31.1. The van der Waals surface area contributed by atoms with Crippen LogP contribution in [-0.4, -0.2) is 60.6 Å². The monoisotopic (exact) mass is 252 g/mol. The van der Waals surface area contributed by atoms with Crippen molar-refractivity contribution in [2.24, 2.45) is 0 Å². The number of carbonyl (C=O) groups excluding carboxylic acids is 1. The first kappa shape index (κ1) is 12.4. The molecular formula is C14H24N2O2. The Balaban J connectivity index is 1.48. The maximum atomic E-state index is 12.2. The summed E-state index contributed by atoms with van der Waals surface area (Å²) < 4.78 is 5.49. The van der Waals surface area contributed by atoms with Crippen LogP contribution in [0.4, 0.5) is 0 Å². The third kappa shape index (κ3) is 2.54. The number of nitrogens with zero attached hydrogens (tertiary/aromatic N) is 2. The quantitative estimate of drug-likeness (QED) is 0.741. The van der Waals surface area contributed by atoms with E-state index >= 15 is 0 Å². The van der Waals surface area contributed by atoms with Gasteiger partial charge in [-0.05, 0) is 25.7 Å². The first-order chi connectivity index (χ1) is 8.84. The molecule has 0 radical (unpaired) electrons. The molecule has 0 bridgehead atoms. The van der Waals surface area contributed by atoms with E-state index in [1.165, 1.54) is 25.7 Å². The standard InChI is InChI=1S/C14H24N2O2/c17-14(13-6-3-11-18-13)16-9-7-15(8-10-16)12-4-1-2-5-12/h12-13H,1-11H2/t13-/m0/s1. The van der Waals surface area contributed by atoms with E-state index in [2.05, 4.69) is 4.90 Å². The zero-order valence-electron chi connectivity index (χ0n) is 11.1. The second-order valence-electron chi connectivity index (χ2n) is 5.80. The molecule has 1 saturated carbocycles. The highest BCUT2D eigenvalue weighted by Gasteiger charge is 2.32. The highest BCUT2D eigenvalue weighted by Crippen LogP contribution is 2.24. The topological polar surface area (TPSA) is 32.8 Å². The van der Waals surface area contributed by atoms with Crippen molar-refractivity contribution in [1.82, 2.24) is 9.80 Å². The predicted molar refractivity (Wildman–Crippen MR) is 69.4 cm³/mol. The van der Waals surface area contributed by atoms with Gasteiger partial charge in [-0.25, -0.2) is 0 Å². The van der Waals surface area contributed by atoms with E-state index < -0.39 is 0 Å². The van der Waals surface area contributed by atoms with Crippen molar-refractivity contribution in [3.8, 4) is 0 Å². The summed E-state index contributed by atoms with van der Waals surface area (Å²) >= 11 is 0. The third-order valence-corrected chi connectivity index (χ3v) is 4.67. The van der Waals surface area contributed by atoms with Gasteiger partial charge in [0.25, 0.3) is 5.91 Å². The van der Waals surface area contributed by atoms with Gasteiger partial charge in [-0.1, -0.05) is 12.8 Å². The average Bonchev–Trinajstić information content (AvgIpc) is 3.11. The maximum Gasteiger partial charge on any atom is 0.251 e. The van der Waals surface area contributed by atoms with Crippen LogP contribution >= 0.6 is 0 Å². The molecule has 0 aromatic carbocycles.